The van der Waals surface area contributed by atoms with Crippen molar-refractivity contribution >= 4 is 39.6 Å². The van der Waals surface area contributed by atoms with Gasteiger partial charge in [0, 0.05) is 28.6 Å². The lowest BCUT2D eigenvalue weighted by molar-refractivity contribution is 1.23. The summed E-state index contributed by atoms with van der Waals surface area (Å²) in [5, 5.41) is 17.5. The predicted octanol–water partition coefficient (Wildman–Crippen LogP) is 8.10. The summed E-state index contributed by atoms with van der Waals surface area (Å²) in [7, 11) is 0. The van der Waals surface area contributed by atoms with Crippen LogP contribution in [0.5, 0.6) is 0 Å². The van der Waals surface area contributed by atoms with Gasteiger partial charge in [-0.25, -0.2) is 0 Å². The molecule has 0 saturated heterocycles. The van der Waals surface area contributed by atoms with Crippen molar-refractivity contribution in [1.82, 2.24) is 4.98 Å². The molecule has 0 radical (unpaired) electrons. The van der Waals surface area contributed by atoms with Gasteiger partial charge in [0.15, 0.2) is 0 Å². The Bertz CT molecular complexity index is 908. The SMILES string of the molecule is C=C\C=C/C(=C\C)C(/C(=N)c1ccccc1)=C(/C(=N)CC)c1ccccn1.CC.CI. The number of aromatic nitrogens is 1. The highest BCUT2D eigenvalue weighted by molar-refractivity contribution is 14.1. The molecule has 0 spiro atoms. The van der Waals surface area contributed by atoms with Crippen LogP contribution in [-0.4, -0.2) is 21.3 Å². The molecular formula is C27H34IN3. The van der Waals surface area contributed by atoms with Crippen LogP contribution in [0.25, 0.3) is 5.57 Å². The van der Waals surface area contributed by atoms with Crippen molar-refractivity contribution in [3.05, 3.63) is 108 Å². The number of rotatable bonds is 8. The van der Waals surface area contributed by atoms with Gasteiger partial charge in [0.2, 0.25) is 0 Å². The van der Waals surface area contributed by atoms with E-state index < -0.39 is 0 Å². The largest absolute Gasteiger partial charge is 0.305 e. The Labute approximate surface area is 201 Å². The van der Waals surface area contributed by atoms with Crippen LogP contribution in [0.1, 0.15) is 45.4 Å². The summed E-state index contributed by atoms with van der Waals surface area (Å²) in [4.78, 5) is 6.45. The van der Waals surface area contributed by atoms with Crippen LogP contribution >= 0.6 is 22.6 Å². The highest BCUT2D eigenvalue weighted by atomic mass is 127. The van der Waals surface area contributed by atoms with Crippen molar-refractivity contribution < 1.29 is 0 Å². The highest BCUT2D eigenvalue weighted by Gasteiger charge is 2.21. The third-order valence-corrected chi connectivity index (χ3v) is 4.15. The molecule has 164 valence electrons. The molecule has 2 rings (SSSR count). The molecule has 2 aromatic rings. The van der Waals surface area contributed by atoms with Gasteiger partial charge in [-0.1, -0.05) is 111 Å². The third-order valence-electron chi connectivity index (χ3n) is 4.15. The van der Waals surface area contributed by atoms with E-state index in [-0.39, 0.29) is 0 Å². The zero-order valence-electron chi connectivity index (χ0n) is 19.2. The van der Waals surface area contributed by atoms with Gasteiger partial charge in [0.25, 0.3) is 0 Å². The Morgan fingerprint density at radius 3 is 2.13 bits per heavy atom. The molecule has 0 unspecified atom stereocenters. The number of benzene rings is 1. The lowest BCUT2D eigenvalue weighted by Crippen LogP contribution is -2.13. The van der Waals surface area contributed by atoms with Crippen LogP contribution in [0.4, 0.5) is 0 Å². The van der Waals surface area contributed by atoms with E-state index in [0.29, 0.717) is 34.7 Å². The van der Waals surface area contributed by atoms with Crippen molar-refractivity contribution in [2.24, 2.45) is 0 Å². The van der Waals surface area contributed by atoms with Gasteiger partial charge < -0.3 is 5.41 Å². The summed E-state index contributed by atoms with van der Waals surface area (Å²) >= 11 is 2.15. The second-order valence-corrected chi connectivity index (χ2v) is 5.88. The van der Waals surface area contributed by atoms with Gasteiger partial charge in [0.05, 0.1) is 11.4 Å². The normalized spacial score (nSPS) is 11.4. The maximum Gasteiger partial charge on any atom is 0.0727 e. The predicted molar refractivity (Wildman–Crippen MR) is 147 cm³/mol. The Morgan fingerprint density at radius 2 is 1.65 bits per heavy atom. The van der Waals surface area contributed by atoms with Gasteiger partial charge in [-0.3, -0.25) is 10.4 Å². The lowest BCUT2D eigenvalue weighted by Gasteiger charge is -2.18. The topological polar surface area (TPSA) is 60.6 Å². The zero-order chi connectivity index (χ0) is 23.6. The van der Waals surface area contributed by atoms with Gasteiger partial charge in [-0.15, -0.1) is 0 Å². The van der Waals surface area contributed by atoms with Crippen molar-refractivity contribution in [3.63, 3.8) is 0 Å². The van der Waals surface area contributed by atoms with Crippen LogP contribution in [0, 0.1) is 10.8 Å². The van der Waals surface area contributed by atoms with Gasteiger partial charge in [-0.2, -0.15) is 0 Å². The van der Waals surface area contributed by atoms with E-state index in [1.165, 1.54) is 0 Å². The molecular weight excluding hydrogens is 493 g/mol. The average Bonchev–Trinajstić information content (AvgIpc) is 2.86. The van der Waals surface area contributed by atoms with Gasteiger partial charge in [-0.05, 0) is 36.0 Å². The fraction of sp³-hybridized carbons (Fsp3) is 0.222. The molecule has 1 heterocycles. The van der Waals surface area contributed by atoms with Crippen LogP contribution < -0.4 is 0 Å². The van der Waals surface area contributed by atoms with Crippen molar-refractivity contribution in [1.29, 1.82) is 10.8 Å². The summed E-state index contributed by atoms with van der Waals surface area (Å²) in [5.74, 6) is 0. The summed E-state index contributed by atoms with van der Waals surface area (Å²) in [5.41, 5.74) is 4.58. The lowest BCUT2D eigenvalue weighted by atomic mass is 9.86. The molecule has 1 aromatic heterocycles. The highest BCUT2D eigenvalue weighted by Crippen LogP contribution is 2.29. The van der Waals surface area contributed by atoms with Crippen LogP contribution in [-0.2, 0) is 0 Å². The van der Waals surface area contributed by atoms with E-state index in [0.717, 1.165) is 11.1 Å². The number of nitrogens with one attached hydrogen (secondary N) is 2. The van der Waals surface area contributed by atoms with E-state index >= 15 is 0 Å². The minimum atomic E-state index is 0.372. The number of hydrogen-bond acceptors (Lipinski definition) is 3. The van der Waals surface area contributed by atoms with Crippen LogP contribution in [0.15, 0.2) is 96.8 Å². The first kappa shape index (κ1) is 28.4. The van der Waals surface area contributed by atoms with Crippen molar-refractivity contribution in [2.75, 3.05) is 4.93 Å². The number of alkyl halides is 1. The Morgan fingerprint density at radius 1 is 1.03 bits per heavy atom. The first-order valence-electron chi connectivity index (χ1n) is 10.3. The fourth-order valence-electron chi connectivity index (χ4n) is 2.78. The number of nitrogens with zero attached hydrogens (tertiary/aromatic N) is 1. The number of hydrogen-bond donors (Lipinski definition) is 2. The summed E-state index contributed by atoms with van der Waals surface area (Å²) < 4.78 is 0. The first-order chi connectivity index (χ1) is 15.1. The fourth-order valence-corrected chi connectivity index (χ4v) is 2.78. The Balaban J connectivity index is 0.00000212. The van der Waals surface area contributed by atoms with Crippen molar-refractivity contribution in [2.45, 2.75) is 34.1 Å². The molecule has 0 amide bonds. The molecule has 1 aromatic carbocycles. The second kappa shape index (κ2) is 17.1. The molecule has 0 atom stereocenters. The molecule has 0 aliphatic heterocycles. The first-order valence-corrected chi connectivity index (χ1v) is 12.5. The molecule has 0 bridgehead atoms. The van der Waals surface area contributed by atoms with E-state index in [1.54, 1.807) is 12.3 Å². The molecule has 3 nitrogen and oxygen atoms in total. The van der Waals surface area contributed by atoms with E-state index in [1.807, 2.05) is 99.4 Å². The van der Waals surface area contributed by atoms with E-state index in [2.05, 4.69) is 34.2 Å². The number of pyridine rings is 1. The minimum Gasteiger partial charge on any atom is -0.305 e. The summed E-state index contributed by atoms with van der Waals surface area (Å²) in [6.07, 6.45) is 9.71. The standard InChI is InChI=1S/C24H25N3.C2H6.CH3I/c1-4-7-13-18(5-2)22(24(26)19-14-9-8-10-15-19)23(20(25)6-3)21-16-11-12-17-27-21;2*1-2/h4-5,7-17,25-26H,1,6H2,2-3H3;1-2H3;1H3/b13-7-,18-5+,23-22+,25-20?,26-24?;;. The average molecular weight is 527 g/mol. The number of halogens is 1. The van der Waals surface area contributed by atoms with E-state index in [9.17, 15) is 0 Å². The smallest absolute Gasteiger partial charge is 0.0727 e. The number of allylic oxidation sites excluding steroid dienone is 7. The summed E-state index contributed by atoms with van der Waals surface area (Å²) in [6.45, 7) is 11.6. The Kier molecular flexibility index (Phi) is 15.7. The van der Waals surface area contributed by atoms with Gasteiger partial charge >= 0.3 is 0 Å². The maximum atomic E-state index is 8.92. The van der Waals surface area contributed by atoms with Gasteiger partial charge in [0.1, 0.15) is 0 Å². The van der Waals surface area contributed by atoms with Crippen molar-refractivity contribution in [3.8, 4) is 0 Å². The minimum absolute atomic E-state index is 0.372. The molecule has 31 heavy (non-hydrogen) atoms. The molecule has 0 fully saturated rings. The molecule has 0 saturated carbocycles. The molecule has 4 heteroatoms. The third kappa shape index (κ3) is 8.58. The summed E-state index contributed by atoms with van der Waals surface area (Å²) in [6, 6.07) is 15.3. The Hall–Kier alpha value is -2.60. The van der Waals surface area contributed by atoms with Crippen LogP contribution in [0.3, 0.4) is 0 Å². The maximum absolute atomic E-state index is 8.92. The van der Waals surface area contributed by atoms with Crippen LogP contribution in [0.2, 0.25) is 0 Å². The second-order valence-electron chi connectivity index (χ2n) is 5.88. The quantitative estimate of drug-likeness (QED) is 0.155. The van der Waals surface area contributed by atoms with E-state index in [4.69, 9.17) is 10.8 Å². The molecule has 0 aliphatic carbocycles. The monoisotopic (exact) mass is 527 g/mol. The molecule has 0 aliphatic rings. The zero-order valence-corrected chi connectivity index (χ0v) is 21.4. The molecule has 2 N–H and O–H groups in total.